The smallest absolute Gasteiger partial charge is 0.191 e. The fraction of sp³-hybridized carbons (Fsp3) is 0.944. The normalized spacial score (nSPS) is 18.3. The lowest BCUT2D eigenvalue weighted by Gasteiger charge is -2.26. The molecule has 0 saturated carbocycles. The first-order valence-corrected chi connectivity index (χ1v) is 9.29. The van der Waals surface area contributed by atoms with Crippen molar-refractivity contribution in [1.82, 2.24) is 15.5 Å². The van der Waals surface area contributed by atoms with Crippen LogP contribution in [0, 0.1) is 5.41 Å². The number of hydrogen-bond donors (Lipinski definition) is 2. The van der Waals surface area contributed by atoms with Gasteiger partial charge >= 0.3 is 0 Å². The van der Waals surface area contributed by atoms with Gasteiger partial charge in [-0.1, -0.05) is 13.8 Å². The molecule has 1 aliphatic heterocycles. The summed E-state index contributed by atoms with van der Waals surface area (Å²) in [5, 5.41) is 6.70. The molecule has 1 fully saturated rings. The second-order valence-corrected chi connectivity index (χ2v) is 7.59. The van der Waals surface area contributed by atoms with Crippen molar-refractivity contribution in [3.8, 4) is 0 Å². The summed E-state index contributed by atoms with van der Waals surface area (Å²) < 4.78 is 11.2. The van der Waals surface area contributed by atoms with E-state index in [-0.39, 0.29) is 29.4 Å². The van der Waals surface area contributed by atoms with Crippen LogP contribution in [-0.4, -0.2) is 77.1 Å². The zero-order chi connectivity index (χ0) is 17.8. The maximum absolute atomic E-state index is 5.69. The third kappa shape index (κ3) is 12.8. The van der Waals surface area contributed by atoms with Gasteiger partial charge in [-0.05, 0) is 45.7 Å². The number of nitrogens with zero attached hydrogens (tertiary/aromatic N) is 2. The molecule has 1 saturated heterocycles. The number of halogens is 1. The molecule has 2 N–H and O–H groups in total. The number of rotatable bonds is 11. The van der Waals surface area contributed by atoms with Crippen LogP contribution >= 0.6 is 24.0 Å². The first kappa shape index (κ1) is 24.9. The van der Waals surface area contributed by atoms with Crippen LogP contribution < -0.4 is 10.6 Å². The van der Waals surface area contributed by atoms with E-state index in [9.17, 15) is 0 Å². The zero-order valence-electron chi connectivity index (χ0n) is 16.8. The molecule has 0 bridgehead atoms. The topological polar surface area (TPSA) is 58.1 Å². The highest BCUT2D eigenvalue weighted by Crippen LogP contribution is 2.16. The predicted molar refractivity (Wildman–Crippen MR) is 116 cm³/mol. The molecule has 7 heteroatoms. The minimum absolute atomic E-state index is 0. The number of guanidine groups is 1. The fourth-order valence-corrected chi connectivity index (χ4v) is 2.91. The number of ether oxygens (including phenoxy) is 2. The van der Waals surface area contributed by atoms with Gasteiger partial charge in [-0.25, -0.2) is 0 Å². The monoisotopic (exact) mass is 470 g/mol. The van der Waals surface area contributed by atoms with E-state index in [4.69, 9.17) is 14.5 Å². The summed E-state index contributed by atoms with van der Waals surface area (Å²) in [4.78, 5) is 6.94. The first-order valence-electron chi connectivity index (χ1n) is 9.29. The first-order chi connectivity index (χ1) is 11.4. The van der Waals surface area contributed by atoms with Gasteiger partial charge in [0.2, 0.25) is 0 Å². The minimum atomic E-state index is 0. The Kier molecular flexibility index (Phi) is 13.9. The molecule has 25 heavy (non-hydrogen) atoms. The van der Waals surface area contributed by atoms with E-state index in [1.165, 1.54) is 6.42 Å². The summed E-state index contributed by atoms with van der Waals surface area (Å²) in [6.45, 7) is 12.5. The molecule has 0 spiro atoms. The van der Waals surface area contributed by atoms with Crippen molar-refractivity contribution in [1.29, 1.82) is 0 Å². The summed E-state index contributed by atoms with van der Waals surface area (Å²) in [6.07, 6.45) is 3.59. The number of aliphatic imine (C=N–C) groups is 1. The molecule has 1 rings (SSSR count). The van der Waals surface area contributed by atoms with E-state index in [1.807, 2.05) is 0 Å². The predicted octanol–water partition coefficient (Wildman–Crippen LogP) is 2.33. The Morgan fingerprint density at radius 1 is 1.32 bits per heavy atom. The molecular formula is C18H39IN4O2. The standard InChI is InChI=1S/C18H38N4O2.HI/c1-6-19-17(21-14-18(2,3)15-22(4)5)20-10-8-11-23-13-16-9-7-12-24-16;/h16H,6-15H2,1-5H3,(H2,19,20,21);1H. The summed E-state index contributed by atoms with van der Waals surface area (Å²) in [7, 11) is 4.21. The Balaban J connectivity index is 0.00000576. The molecule has 1 atom stereocenters. The molecule has 0 aromatic rings. The summed E-state index contributed by atoms with van der Waals surface area (Å²) in [6, 6.07) is 0. The van der Waals surface area contributed by atoms with Crippen molar-refractivity contribution >= 4 is 29.9 Å². The molecule has 0 amide bonds. The SMILES string of the molecule is CCNC(=NCC(C)(C)CN(C)C)NCCCOCC1CCCO1.I. The third-order valence-corrected chi connectivity index (χ3v) is 3.84. The van der Waals surface area contributed by atoms with Gasteiger partial charge in [0.25, 0.3) is 0 Å². The second kappa shape index (κ2) is 14.0. The van der Waals surface area contributed by atoms with Crippen LogP contribution in [0.1, 0.15) is 40.0 Å². The van der Waals surface area contributed by atoms with Crippen molar-refractivity contribution in [2.75, 3.05) is 60.1 Å². The Bertz CT molecular complexity index is 359. The highest BCUT2D eigenvalue weighted by atomic mass is 127. The van der Waals surface area contributed by atoms with E-state index in [1.54, 1.807) is 0 Å². The molecule has 1 unspecified atom stereocenters. The van der Waals surface area contributed by atoms with Gasteiger partial charge in [0.1, 0.15) is 0 Å². The van der Waals surface area contributed by atoms with Gasteiger partial charge in [-0.3, -0.25) is 4.99 Å². The minimum Gasteiger partial charge on any atom is -0.379 e. The Morgan fingerprint density at radius 2 is 2.08 bits per heavy atom. The molecule has 0 radical (unpaired) electrons. The lowest BCUT2D eigenvalue weighted by atomic mass is 9.93. The molecule has 150 valence electrons. The van der Waals surface area contributed by atoms with Gasteiger partial charge in [-0.15, -0.1) is 24.0 Å². The highest BCUT2D eigenvalue weighted by molar-refractivity contribution is 14.0. The highest BCUT2D eigenvalue weighted by Gasteiger charge is 2.18. The van der Waals surface area contributed by atoms with Crippen molar-refractivity contribution < 1.29 is 9.47 Å². The van der Waals surface area contributed by atoms with Gasteiger partial charge in [0, 0.05) is 39.4 Å². The van der Waals surface area contributed by atoms with Crippen molar-refractivity contribution in [2.45, 2.75) is 46.1 Å². The molecule has 6 nitrogen and oxygen atoms in total. The van der Waals surface area contributed by atoms with Crippen LogP contribution in [0.4, 0.5) is 0 Å². The number of nitrogens with one attached hydrogen (secondary N) is 2. The van der Waals surface area contributed by atoms with E-state index in [0.29, 0.717) is 6.10 Å². The summed E-state index contributed by atoms with van der Waals surface area (Å²) >= 11 is 0. The maximum atomic E-state index is 5.69. The van der Waals surface area contributed by atoms with Crippen molar-refractivity contribution in [3.05, 3.63) is 0 Å². The average Bonchev–Trinajstić information content (AvgIpc) is 3.00. The van der Waals surface area contributed by atoms with Crippen LogP contribution in [-0.2, 0) is 9.47 Å². The molecule has 0 aromatic carbocycles. The second-order valence-electron chi connectivity index (χ2n) is 7.59. The third-order valence-electron chi connectivity index (χ3n) is 3.84. The van der Waals surface area contributed by atoms with Crippen LogP contribution in [0.3, 0.4) is 0 Å². The molecule has 1 aliphatic rings. The van der Waals surface area contributed by atoms with E-state index in [2.05, 4.69) is 50.4 Å². The Hall–Kier alpha value is -0.120. The summed E-state index contributed by atoms with van der Waals surface area (Å²) in [5.74, 6) is 0.892. The molecule has 1 heterocycles. The fourth-order valence-electron chi connectivity index (χ4n) is 2.91. The summed E-state index contributed by atoms with van der Waals surface area (Å²) in [5.41, 5.74) is 0.163. The lowest BCUT2D eigenvalue weighted by Crippen LogP contribution is -2.39. The zero-order valence-corrected chi connectivity index (χ0v) is 19.1. The van der Waals surface area contributed by atoms with Crippen LogP contribution in [0.2, 0.25) is 0 Å². The molecular weight excluding hydrogens is 431 g/mol. The Morgan fingerprint density at radius 3 is 2.68 bits per heavy atom. The molecule has 0 aliphatic carbocycles. The van der Waals surface area contributed by atoms with E-state index in [0.717, 1.165) is 64.8 Å². The van der Waals surface area contributed by atoms with Gasteiger partial charge in [-0.2, -0.15) is 0 Å². The molecule has 0 aromatic heterocycles. The van der Waals surface area contributed by atoms with E-state index < -0.39 is 0 Å². The van der Waals surface area contributed by atoms with E-state index >= 15 is 0 Å². The van der Waals surface area contributed by atoms with Crippen LogP contribution in [0.5, 0.6) is 0 Å². The van der Waals surface area contributed by atoms with Gasteiger partial charge in [0.05, 0.1) is 12.7 Å². The van der Waals surface area contributed by atoms with Crippen LogP contribution in [0.25, 0.3) is 0 Å². The quantitative estimate of drug-likeness (QED) is 0.210. The Labute approximate surface area is 171 Å². The lowest BCUT2D eigenvalue weighted by molar-refractivity contribution is 0.0168. The maximum Gasteiger partial charge on any atom is 0.191 e. The largest absolute Gasteiger partial charge is 0.379 e. The van der Waals surface area contributed by atoms with Crippen molar-refractivity contribution in [3.63, 3.8) is 0 Å². The number of hydrogen-bond acceptors (Lipinski definition) is 4. The van der Waals surface area contributed by atoms with Crippen LogP contribution in [0.15, 0.2) is 4.99 Å². The average molecular weight is 470 g/mol. The van der Waals surface area contributed by atoms with Gasteiger partial charge in [0.15, 0.2) is 5.96 Å². The van der Waals surface area contributed by atoms with Gasteiger partial charge < -0.3 is 25.0 Å². The van der Waals surface area contributed by atoms with Crippen molar-refractivity contribution in [2.24, 2.45) is 10.4 Å².